The highest BCUT2D eigenvalue weighted by atomic mass is 35.5. The quantitative estimate of drug-likeness (QED) is 0.650. The van der Waals surface area contributed by atoms with E-state index in [9.17, 15) is 8.78 Å². The molecule has 0 spiro atoms. The summed E-state index contributed by atoms with van der Waals surface area (Å²) in [6.45, 7) is -0.380. The van der Waals surface area contributed by atoms with Crippen molar-refractivity contribution in [3.8, 4) is 0 Å². The standard InChI is InChI=1S/C6H7ClF2N2/c7-3-5-1-2-10-11(5)4-6(8)9/h1-2,6H,3-4H2. The molecule has 62 valence electrons. The van der Waals surface area contributed by atoms with Crippen LogP contribution < -0.4 is 0 Å². The highest BCUT2D eigenvalue weighted by Crippen LogP contribution is 2.05. The third-order valence-corrected chi connectivity index (χ3v) is 1.53. The fraction of sp³-hybridized carbons (Fsp3) is 0.500. The molecule has 0 aliphatic rings. The molecule has 1 aromatic heterocycles. The second-order valence-electron chi connectivity index (χ2n) is 2.03. The van der Waals surface area contributed by atoms with Crippen molar-refractivity contribution >= 4 is 11.6 Å². The van der Waals surface area contributed by atoms with Crippen molar-refractivity contribution in [1.29, 1.82) is 0 Å². The molecule has 5 heteroatoms. The molecule has 0 aliphatic carbocycles. The summed E-state index contributed by atoms with van der Waals surface area (Å²) in [5.41, 5.74) is 0.618. The number of aromatic nitrogens is 2. The Hall–Kier alpha value is -0.640. The molecular weight excluding hydrogens is 174 g/mol. The predicted octanol–water partition coefficient (Wildman–Crippen LogP) is 1.89. The van der Waals surface area contributed by atoms with Crippen LogP contribution in [0.4, 0.5) is 8.78 Å². The summed E-state index contributed by atoms with van der Waals surface area (Å²) < 4.78 is 24.8. The van der Waals surface area contributed by atoms with Crippen LogP contribution in [0.25, 0.3) is 0 Å². The van der Waals surface area contributed by atoms with E-state index in [4.69, 9.17) is 11.6 Å². The first kappa shape index (κ1) is 8.46. The van der Waals surface area contributed by atoms with Crippen LogP contribution in [-0.2, 0) is 12.4 Å². The molecule has 0 radical (unpaired) electrons. The molecule has 0 saturated heterocycles. The average Bonchev–Trinajstić information content (AvgIpc) is 2.34. The topological polar surface area (TPSA) is 17.8 Å². The minimum absolute atomic E-state index is 0.215. The van der Waals surface area contributed by atoms with Gasteiger partial charge in [-0.05, 0) is 6.07 Å². The maximum atomic E-state index is 11.8. The largest absolute Gasteiger partial charge is 0.263 e. The third kappa shape index (κ3) is 2.15. The van der Waals surface area contributed by atoms with Crippen molar-refractivity contribution in [2.75, 3.05) is 0 Å². The molecule has 0 aromatic carbocycles. The molecular formula is C6H7ClF2N2. The first-order chi connectivity index (χ1) is 5.24. The number of rotatable bonds is 3. The second-order valence-corrected chi connectivity index (χ2v) is 2.30. The smallest absolute Gasteiger partial charge is 0.257 e. The van der Waals surface area contributed by atoms with Gasteiger partial charge in [0.2, 0.25) is 0 Å². The van der Waals surface area contributed by atoms with Crippen LogP contribution in [0.2, 0.25) is 0 Å². The Kier molecular flexibility index (Phi) is 2.82. The predicted molar refractivity (Wildman–Crippen MR) is 37.8 cm³/mol. The monoisotopic (exact) mass is 180 g/mol. The van der Waals surface area contributed by atoms with Crippen LogP contribution in [-0.4, -0.2) is 16.2 Å². The first-order valence-corrected chi connectivity index (χ1v) is 3.62. The fourth-order valence-corrected chi connectivity index (χ4v) is 0.996. The van der Waals surface area contributed by atoms with Gasteiger partial charge in [-0.3, -0.25) is 4.68 Å². The number of halogens is 3. The van der Waals surface area contributed by atoms with Crippen molar-refractivity contribution < 1.29 is 8.78 Å². The molecule has 0 fully saturated rings. The molecule has 1 aromatic rings. The molecule has 0 N–H and O–H groups in total. The van der Waals surface area contributed by atoms with Crippen LogP contribution in [0.15, 0.2) is 12.3 Å². The minimum Gasteiger partial charge on any atom is -0.263 e. The van der Waals surface area contributed by atoms with Gasteiger partial charge < -0.3 is 0 Å². The number of hydrogen-bond acceptors (Lipinski definition) is 1. The van der Waals surface area contributed by atoms with Crippen LogP contribution in [0.1, 0.15) is 5.69 Å². The van der Waals surface area contributed by atoms with Gasteiger partial charge in [-0.1, -0.05) is 0 Å². The van der Waals surface area contributed by atoms with E-state index in [0.29, 0.717) is 5.69 Å². The van der Waals surface area contributed by atoms with Gasteiger partial charge in [-0.2, -0.15) is 5.10 Å². The Bertz CT molecular complexity index is 224. The number of nitrogens with zero attached hydrogens (tertiary/aromatic N) is 2. The van der Waals surface area contributed by atoms with Crippen molar-refractivity contribution in [3.05, 3.63) is 18.0 Å². The normalized spacial score (nSPS) is 10.9. The molecule has 0 bridgehead atoms. The lowest BCUT2D eigenvalue weighted by atomic mass is 10.5. The number of alkyl halides is 3. The van der Waals surface area contributed by atoms with Gasteiger partial charge in [0.15, 0.2) is 0 Å². The molecule has 11 heavy (non-hydrogen) atoms. The fourth-order valence-electron chi connectivity index (χ4n) is 0.769. The van der Waals surface area contributed by atoms with E-state index in [1.165, 1.54) is 10.9 Å². The molecule has 1 rings (SSSR count). The zero-order valence-electron chi connectivity index (χ0n) is 5.67. The van der Waals surface area contributed by atoms with Crippen LogP contribution in [0, 0.1) is 0 Å². The van der Waals surface area contributed by atoms with Crippen molar-refractivity contribution in [2.24, 2.45) is 0 Å². The minimum atomic E-state index is -2.38. The van der Waals surface area contributed by atoms with E-state index in [1.807, 2.05) is 0 Å². The highest BCUT2D eigenvalue weighted by Gasteiger charge is 2.07. The van der Waals surface area contributed by atoms with E-state index in [2.05, 4.69) is 5.10 Å². The second kappa shape index (κ2) is 3.67. The van der Waals surface area contributed by atoms with Crippen molar-refractivity contribution in [3.63, 3.8) is 0 Å². The molecule has 0 atom stereocenters. The average molecular weight is 181 g/mol. The SMILES string of the molecule is FC(F)Cn1nccc1CCl. The van der Waals surface area contributed by atoms with Crippen LogP contribution in [0.3, 0.4) is 0 Å². The highest BCUT2D eigenvalue weighted by molar-refractivity contribution is 6.16. The summed E-state index contributed by atoms with van der Waals surface area (Å²) in [5, 5.41) is 3.68. The summed E-state index contributed by atoms with van der Waals surface area (Å²) in [4.78, 5) is 0. The van der Waals surface area contributed by atoms with E-state index >= 15 is 0 Å². The Morgan fingerprint density at radius 3 is 2.91 bits per heavy atom. The lowest BCUT2D eigenvalue weighted by Crippen LogP contribution is -2.10. The number of hydrogen-bond donors (Lipinski definition) is 0. The molecule has 2 nitrogen and oxygen atoms in total. The van der Waals surface area contributed by atoms with Gasteiger partial charge in [0, 0.05) is 6.20 Å². The van der Waals surface area contributed by atoms with E-state index in [1.54, 1.807) is 6.07 Å². The molecule has 0 amide bonds. The molecule has 0 saturated carbocycles. The summed E-state index contributed by atoms with van der Waals surface area (Å²) in [5.74, 6) is 0.215. The summed E-state index contributed by atoms with van der Waals surface area (Å²) >= 11 is 5.45. The van der Waals surface area contributed by atoms with E-state index < -0.39 is 6.43 Å². The maximum Gasteiger partial charge on any atom is 0.257 e. The van der Waals surface area contributed by atoms with E-state index in [0.717, 1.165) is 0 Å². The Labute approximate surface area is 67.8 Å². The summed E-state index contributed by atoms with van der Waals surface area (Å²) in [6, 6.07) is 1.62. The first-order valence-electron chi connectivity index (χ1n) is 3.09. The van der Waals surface area contributed by atoms with Gasteiger partial charge in [0.05, 0.1) is 11.6 Å². The zero-order valence-corrected chi connectivity index (χ0v) is 6.43. The van der Waals surface area contributed by atoms with Crippen LogP contribution >= 0.6 is 11.6 Å². The molecule has 1 heterocycles. The molecule has 0 aliphatic heterocycles. The van der Waals surface area contributed by atoms with Gasteiger partial charge in [0.25, 0.3) is 6.43 Å². The van der Waals surface area contributed by atoms with E-state index in [-0.39, 0.29) is 12.4 Å². The van der Waals surface area contributed by atoms with Gasteiger partial charge >= 0.3 is 0 Å². The lowest BCUT2D eigenvalue weighted by molar-refractivity contribution is 0.121. The molecule has 0 unspecified atom stereocenters. The third-order valence-electron chi connectivity index (χ3n) is 1.25. The van der Waals surface area contributed by atoms with Gasteiger partial charge in [-0.15, -0.1) is 11.6 Å². The van der Waals surface area contributed by atoms with Gasteiger partial charge in [-0.25, -0.2) is 8.78 Å². The van der Waals surface area contributed by atoms with Gasteiger partial charge in [0.1, 0.15) is 6.54 Å². The Morgan fingerprint density at radius 1 is 1.64 bits per heavy atom. The Morgan fingerprint density at radius 2 is 2.36 bits per heavy atom. The maximum absolute atomic E-state index is 11.8. The van der Waals surface area contributed by atoms with Crippen molar-refractivity contribution in [1.82, 2.24) is 9.78 Å². The zero-order chi connectivity index (χ0) is 8.27. The van der Waals surface area contributed by atoms with Crippen molar-refractivity contribution in [2.45, 2.75) is 18.9 Å². The summed E-state index contributed by atoms with van der Waals surface area (Å²) in [7, 11) is 0. The summed E-state index contributed by atoms with van der Waals surface area (Å²) in [6.07, 6.45) is -0.919. The van der Waals surface area contributed by atoms with Crippen LogP contribution in [0.5, 0.6) is 0 Å². The Balaban J connectivity index is 2.68. The lowest BCUT2D eigenvalue weighted by Gasteiger charge is -2.02.